The van der Waals surface area contributed by atoms with Crippen molar-refractivity contribution in [2.75, 3.05) is 24.3 Å². The number of methoxy groups -OCH3 is 1. The molecule has 0 saturated carbocycles. The maximum absolute atomic E-state index is 12.9. The van der Waals surface area contributed by atoms with Gasteiger partial charge in [-0.2, -0.15) is 0 Å². The number of halogens is 1. The van der Waals surface area contributed by atoms with Gasteiger partial charge in [-0.1, -0.05) is 18.2 Å². The van der Waals surface area contributed by atoms with Crippen LogP contribution in [0, 0.1) is 5.82 Å². The first-order valence-corrected chi connectivity index (χ1v) is 8.81. The van der Waals surface area contributed by atoms with E-state index in [0.29, 0.717) is 11.6 Å². The zero-order valence-corrected chi connectivity index (χ0v) is 15.0. The molecule has 0 aliphatic rings. The van der Waals surface area contributed by atoms with E-state index >= 15 is 0 Å². The molecular formula is C19H18FN3O2S. The molecule has 1 aromatic heterocycles. The number of aromatic nitrogens is 1. The summed E-state index contributed by atoms with van der Waals surface area (Å²) < 4.78 is 18.1. The predicted octanol–water partition coefficient (Wildman–Crippen LogP) is 3.93. The van der Waals surface area contributed by atoms with E-state index in [9.17, 15) is 9.18 Å². The summed E-state index contributed by atoms with van der Waals surface area (Å²) in [6, 6.07) is 13.7. The number of rotatable bonds is 7. The standard InChI is InChI=1S/C19H18FN3O2S/c1-25-16-4-2-3-15(10-16)21-12-18(24)23-19-22-11-17(26-19)9-13-5-7-14(20)8-6-13/h2-8,10-11,21H,9,12H2,1H3,(H,22,23,24). The zero-order chi connectivity index (χ0) is 18.4. The summed E-state index contributed by atoms with van der Waals surface area (Å²) in [4.78, 5) is 17.3. The lowest BCUT2D eigenvalue weighted by molar-refractivity contribution is -0.114. The van der Waals surface area contributed by atoms with Gasteiger partial charge in [-0.15, -0.1) is 11.3 Å². The number of anilines is 2. The number of carbonyl (C=O) groups excluding carboxylic acids is 1. The molecule has 1 heterocycles. The van der Waals surface area contributed by atoms with Gasteiger partial charge in [0.15, 0.2) is 5.13 Å². The molecule has 0 atom stereocenters. The quantitative estimate of drug-likeness (QED) is 0.660. The van der Waals surface area contributed by atoms with Gasteiger partial charge < -0.3 is 15.4 Å². The monoisotopic (exact) mass is 371 g/mol. The Morgan fingerprint density at radius 3 is 2.81 bits per heavy atom. The highest BCUT2D eigenvalue weighted by atomic mass is 32.1. The van der Waals surface area contributed by atoms with Gasteiger partial charge in [0.2, 0.25) is 5.91 Å². The molecule has 0 unspecified atom stereocenters. The number of hydrogen-bond acceptors (Lipinski definition) is 5. The molecule has 0 aliphatic heterocycles. The van der Waals surface area contributed by atoms with E-state index in [0.717, 1.165) is 21.9 Å². The van der Waals surface area contributed by atoms with Crippen molar-refractivity contribution in [2.24, 2.45) is 0 Å². The number of carbonyl (C=O) groups is 1. The van der Waals surface area contributed by atoms with Gasteiger partial charge in [-0.3, -0.25) is 4.79 Å². The summed E-state index contributed by atoms with van der Waals surface area (Å²) >= 11 is 1.40. The van der Waals surface area contributed by atoms with Gasteiger partial charge in [-0.25, -0.2) is 9.37 Å². The maximum atomic E-state index is 12.9. The Hall–Kier alpha value is -2.93. The van der Waals surface area contributed by atoms with E-state index in [1.165, 1.54) is 23.5 Å². The van der Waals surface area contributed by atoms with Crippen molar-refractivity contribution in [2.45, 2.75) is 6.42 Å². The van der Waals surface area contributed by atoms with Gasteiger partial charge in [0.1, 0.15) is 11.6 Å². The first-order chi connectivity index (χ1) is 12.6. The Balaban J connectivity index is 1.51. The van der Waals surface area contributed by atoms with Crippen LogP contribution in [0.2, 0.25) is 0 Å². The van der Waals surface area contributed by atoms with Crippen molar-refractivity contribution in [3.05, 3.63) is 71.0 Å². The van der Waals surface area contributed by atoms with Crippen molar-refractivity contribution < 1.29 is 13.9 Å². The average Bonchev–Trinajstić information content (AvgIpc) is 3.09. The van der Waals surface area contributed by atoms with Crippen LogP contribution in [-0.4, -0.2) is 24.5 Å². The van der Waals surface area contributed by atoms with Gasteiger partial charge in [0, 0.05) is 29.2 Å². The summed E-state index contributed by atoms with van der Waals surface area (Å²) in [6.07, 6.45) is 2.37. The largest absolute Gasteiger partial charge is 0.497 e. The highest BCUT2D eigenvalue weighted by molar-refractivity contribution is 7.15. The van der Waals surface area contributed by atoms with E-state index < -0.39 is 0 Å². The van der Waals surface area contributed by atoms with E-state index in [-0.39, 0.29) is 18.3 Å². The zero-order valence-electron chi connectivity index (χ0n) is 14.2. The van der Waals surface area contributed by atoms with Crippen LogP contribution in [0.4, 0.5) is 15.2 Å². The molecule has 3 aromatic rings. The van der Waals surface area contributed by atoms with Gasteiger partial charge in [-0.05, 0) is 29.8 Å². The molecule has 134 valence electrons. The second-order valence-corrected chi connectivity index (χ2v) is 6.68. The summed E-state index contributed by atoms with van der Waals surface area (Å²) in [6.45, 7) is 0.125. The van der Waals surface area contributed by atoms with Crippen LogP contribution in [0.1, 0.15) is 10.4 Å². The molecule has 3 rings (SSSR count). The van der Waals surface area contributed by atoms with Crippen LogP contribution < -0.4 is 15.4 Å². The third kappa shape index (κ3) is 5.03. The molecule has 2 aromatic carbocycles. The summed E-state index contributed by atoms with van der Waals surface area (Å²) in [5.41, 5.74) is 1.79. The van der Waals surface area contributed by atoms with E-state index in [1.54, 1.807) is 25.4 Å². The Bertz CT molecular complexity index is 881. The lowest BCUT2D eigenvalue weighted by Gasteiger charge is -2.07. The number of hydrogen-bond donors (Lipinski definition) is 2. The molecule has 0 bridgehead atoms. The fraction of sp³-hybridized carbons (Fsp3) is 0.158. The molecule has 0 spiro atoms. The van der Waals surface area contributed by atoms with E-state index in [2.05, 4.69) is 15.6 Å². The Morgan fingerprint density at radius 1 is 1.23 bits per heavy atom. The Kier molecular flexibility index (Phi) is 5.80. The minimum absolute atomic E-state index is 0.125. The third-order valence-electron chi connectivity index (χ3n) is 3.61. The molecular weight excluding hydrogens is 353 g/mol. The van der Waals surface area contributed by atoms with Crippen molar-refractivity contribution in [3.63, 3.8) is 0 Å². The minimum Gasteiger partial charge on any atom is -0.497 e. The number of benzene rings is 2. The van der Waals surface area contributed by atoms with Crippen molar-refractivity contribution in [1.82, 2.24) is 4.98 Å². The fourth-order valence-corrected chi connectivity index (χ4v) is 3.19. The summed E-state index contributed by atoms with van der Waals surface area (Å²) in [5.74, 6) is 0.283. The topological polar surface area (TPSA) is 63.2 Å². The molecule has 0 radical (unpaired) electrons. The lowest BCUT2D eigenvalue weighted by Crippen LogP contribution is -2.21. The summed E-state index contributed by atoms with van der Waals surface area (Å²) in [7, 11) is 1.60. The number of ether oxygens (including phenoxy) is 1. The number of amides is 1. The van der Waals surface area contributed by atoms with Gasteiger partial charge in [0.05, 0.1) is 13.7 Å². The minimum atomic E-state index is -0.255. The van der Waals surface area contributed by atoms with Gasteiger partial charge in [0.25, 0.3) is 0 Å². The van der Waals surface area contributed by atoms with Crippen LogP contribution in [0.3, 0.4) is 0 Å². The second kappa shape index (κ2) is 8.44. The molecule has 0 fully saturated rings. The van der Waals surface area contributed by atoms with Crippen molar-refractivity contribution in [3.8, 4) is 5.75 Å². The molecule has 7 heteroatoms. The molecule has 0 aliphatic carbocycles. The van der Waals surface area contributed by atoms with E-state index in [1.807, 2.05) is 24.3 Å². The second-order valence-electron chi connectivity index (χ2n) is 5.57. The smallest absolute Gasteiger partial charge is 0.245 e. The van der Waals surface area contributed by atoms with Crippen LogP contribution >= 0.6 is 11.3 Å². The molecule has 5 nitrogen and oxygen atoms in total. The normalized spacial score (nSPS) is 10.4. The first-order valence-electron chi connectivity index (χ1n) is 7.99. The molecule has 1 amide bonds. The average molecular weight is 371 g/mol. The predicted molar refractivity (Wildman–Crippen MR) is 101 cm³/mol. The van der Waals surface area contributed by atoms with Crippen LogP contribution in [-0.2, 0) is 11.2 Å². The van der Waals surface area contributed by atoms with Crippen LogP contribution in [0.25, 0.3) is 0 Å². The number of nitrogens with zero attached hydrogens (tertiary/aromatic N) is 1. The van der Waals surface area contributed by atoms with Gasteiger partial charge >= 0.3 is 0 Å². The van der Waals surface area contributed by atoms with E-state index in [4.69, 9.17) is 4.74 Å². The SMILES string of the molecule is COc1cccc(NCC(=O)Nc2ncc(Cc3ccc(F)cc3)s2)c1. The highest BCUT2D eigenvalue weighted by Crippen LogP contribution is 2.21. The molecule has 0 saturated heterocycles. The van der Waals surface area contributed by atoms with Crippen molar-refractivity contribution >= 4 is 28.1 Å². The molecule has 26 heavy (non-hydrogen) atoms. The number of thiazole rings is 1. The fourth-order valence-electron chi connectivity index (χ4n) is 2.33. The van der Waals surface area contributed by atoms with Crippen LogP contribution in [0.5, 0.6) is 5.75 Å². The maximum Gasteiger partial charge on any atom is 0.245 e. The van der Waals surface area contributed by atoms with Crippen LogP contribution in [0.15, 0.2) is 54.7 Å². The third-order valence-corrected chi connectivity index (χ3v) is 4.53. The first kappa shape index (κ1) is 17.9. The van der Waals surface area contributed by atoms with Crippen molar-refractivity contribution in [1.29, 1.82) is 0 Å². The Labute approximate surface area is 154 Å². The molecule has 2 N–H and O–H groups in total. The number of nitrogens with one attached hydrogen (secondary N) is 2. The Morgan fingerprint density at radius 2 is 2.04 bits per heavy atom. The highest BCUT2D eigenvalue weighted by Gasteiger charge is 2.08. The summed E-state index contributed by atoms with van der Waals surface area (Å²) in [5, 5.41) is 6.35. The lowest BCUT2D eigenvalue weighted by atomic mass is 10.1.